The maximum absolute atomic E-state index is 3.52. The molecule has 0 atom stereocenters. The molecule has 1 N–H and O–H groups in total. The third kappa shape index (κ3) is 6.55. The van der Waals surface area contributed by atoms with Crippen LogP contribution in [-0.4, -0.2) is 31.1 Å². The molecular formula is C16H27N2S. The van der Waals surface area contributed by atoms with E-state index >= 15 is 0 Å². The first-order chi connectivity index (χ1) is 9.45. The van der Waals surface area contributed by atoms with Gasteiger partial charge in [-0.15, -0.1) is 11.3 Å². The van der Waals surface area contributed by atoms with Crippen molar-refractivity contribution in [1.82, 2.24) is 10.2 Å². The highest BCUT2D eigenvalue weighted by molar-refractivity contribution is 7.09. The summed E-state index contributed by atoms with van der Waals surface area (Å²) in [4.78, 5) is 4.07. The normalized spacial score (nSPS) is 16.8. The van der Waals surface area contributed by atoms with E-state index in [2.05, 4.69) is 34.2 Å². The molecule has 107 valence electrons. The summed E-state index contributed by atoms with van der Waals surface area (Å²) in [6.07, 6.45) is 10.5. The van der Waals surface area contributed by atoms with Gasteiger partial charge in [-0.05, 0) is 69.7 Å². The number of thiophene rings is 1. The quantitative estimate of drug-likeness (QED) is 0.693. The molecule has 0 aromatic carbocycles. The largest absolute Gasteiger partial charge is 0.312 e. The average molecular weight is 279 g/mol. The first-order valence-corrected chi connectivity index (χ1v) is 8.60. The summed E-state index contributed by atoms with van der Waals surface area (Å²) < 4.78 is 0. The van der Waals surface area contributed by atoms with Crippen LogP contribution in [0.25, 0.3) is 0 Å². The Balaban J connectivity index is 1.36. The van der Waals surface area contributed by atoms with Gasteiger partial charge in [-0.1, -0.05) is 18.9 Å². The van der Waals surface area contributed by atoms with Gasteiger partial charge in [0.15, 0.2) is 0 Å². The fraction of sp³-hybridized carbons (Fsp3) is 0.688. The molecule has 1 radical (unpaired) electrons. The Morgan fingerprint density at radius 3 is 2.74 bits per heavy atom. The topological polar surface area (TPSA) is 15.3 Å². The Bertz CT molecular complexity index is 305. The van der Waals surface area contributed by atoms with Crippen molar-refractivity contribution in [2.45, 2.75) is 45.1 Å². The van der Waals surface area contributed by atoms with E-state index in [1.54, 1.807) is 0 Å². The Morgan fingerprint density at radius 1 is 1.11 bits per heavy atom. The first kappa shape index (κ1) is 15.0. The zero-order chi connectivity index (χ0) is 13.2. The molecule has 0 unspecified atom stereocenters. The van der Waals surface area contributed by atoms with E-state index in [1.807, 2.05) is 11.3 Å². The van der Waals surface area contributed by atoms with Crippen molar-refractivity contribution in [3.8, 4) is 0 Å². The van der Waals surface area contributed by atoms with Gasteiger partial charge in [0.2, 0.25) is 0 Å². The summed E-state index contributed by atoms with van der Waals surface area (Å²) in [7, 11) is 0. The maximum atomic E-state index is 3.52. The van der Waals surface area contributed by atoms with Gasteiger partial charge in [0.05, 0.1) is 0 Å². The Morgan fingerprint density at radius 2 is 1.95 bits per heavy atom. The molecule has 1 aliphatic heterocycles. The maximum Gasteiger partial charge on any atom is 0.0299 e. The number of piperidine rings is 1. The summed E-state index contributed by atoms with van der Waals surface area (Å²) in [6, 6.07) is 4.33. The number of unbranched alkanes of at least 4 members (excludes halogenated alkanes) is 3. The SMILES string of the molecule is [CH]1CCN(CCCCCCNCc2cccs2)CC1. The van der Waals surface area contributed by atoms with E-state index < -0.39 is 0 Å². The minimum atomic E-state index is 1.04. The van der Waals surface area contributed by atoms with Crippen LogP contribution in [0.5, 0.6) is 0 Å². The first-order valence-electron chi connectivity index (χ1n) is 7.72. The third-order valence-electron chi connectivity index (χ3n) is 3.76. The second-order valence-corrected chi connectivity index (χ2v) is 6.41. The van der Waals surface area contributed by atoms with Gasteiger partial charge in [-0.2, -0.15) is 0 Å². The molecule has 0 spiro atoms. The van der Waals surface area contributed by atoms with Crippen LogP contribution in [0.15, 0.2) is 17.5 Å². The lowest BCUT2D eigenvalue weighted by molar-refractivity contribution is 0.248. The minimum Gasteiger partial charge on any atom is -0.312 e. The van der Waals surface area contributed by atoms with Crippen molar-refractivity contribution in [3.63, 3.8) is 0 Å². The molecule has 2 rings (SSSR count). The predicted octanol–water partition coefficient (Wildman–Crippen LogP) is 3.70. The number of rotatable bonds is 9. The van der Waals surface area contributed by atoms with E-state index in [4.69, 9.17) is 0 Å². The van der Waals surface area contributed by atoms with E-state index in [0.29, 0.717) is 0 Å². The van der Waals surface area contributed by atoms with Crippen LogP contribution < -0.4 is 5.32 Å². The number of hydrogen-bond acceptors (Lipinski definition) is 3. The number of nitrogens with zero attached hydrogens (tertiary/aromatic N) is 1. The molecule has 1 aliphatic rings. The van der Waals surface area contributed by atoms with E-state index in [-0.39, 0.29) is 0 Å². The Kier molecular flexibility index (Phi) is 7.52. The van der Waals surface area contributed by atoms with E-state index in [9.17, 15) is 0 Å². The van der Waals surface area contributed by atoms with Crippen molar-refractivity contribution < 1.29 is 0 Å². The lowest BCUT2D eigenvalue weighted by Crippen LogP contribution is -2.30. The fourth-order valence-corrected chi connectivity index (χ4v) is 3.27. The standard InChI is InChI=1S/C16H27N2S/c1(2-5-11-18-12-6-3-7-13-18)4-10-17-15-16-9-8-14-19-16/h3,8-9,14,17H,1-2,4-7,10-13,15H2. The van der Waals surface area contributed by atoms with Crippen molar-refractivity contribution in [1.29, 1.82) is 0 Å². The number of hydrogen-bond donors (Lipinski definition) is 1. The van der Waals surface area contributed by atoms with Gasteiger partial charge in [0, 0.05) is 11.4 Å². The summed E-state index contributed by atoms with van der Waals surface area (Å²) in [5.41, 5.74) is 0. The average Bonchev–Trinajstić information content (AvgIpc) is 2.96. The van der Waals surface area contributed by atoms with Crippen LogP contribution >= 0.6 is 11.3 Å². The zero-order valence-corrected chi connectivity index (χ0v) is 12.8. The summed E-state index contributed by atoms with van der Waals surface area (Å²) >= 11 is 1.84. The molecule has 3 heteroatoms. The molecule has 1 aromatic heterocycles. The molecule has 0 bridgehead atoms. The molecule has 0 saturated carbocycles. The van der Waals surface area contributed by atoms with Gasteiger partial charge < -0.3 is 10.2 Å². The molecular weight excluding hydrogens is 252 g/mol. The van der Waals surface area contributed by atoms with Crippen molar-refractivity contribution in [3.05, 3.63) is 28.8 Å². The van der Waals surface area contributed by atoms with Crippen LogP contribution in [-0.2, 0) is 6.54 Å². The second kappa shape index (κ2) is 9.51. The highest BCUT2D eigenvalue weighted by Gasteiger charge is 2.08. The van der Waals surface area contributed by atoms with Crippen LogP contribution in [0.1, 0.15) is 43.4 Å². The monoisotopic (exact) mass is 279 g/mol. The number of likely N-dealkylation sites (tertiary alicyclic amines) is 1. The molecule has 0 amide bonds. The van der Waals surface area contributed by atoms with Crippen LogP contribution in [0.4, 0.5) is 0 Å². The van der Waals surface area contributed by atoms with Crippen LogP contribution in [0.3, 0.4) is 0 Å². The van der Waals surface area contributed by atoms with Crippen molar-refractivity contribution in [2.24, 2.45) is 0 Å². The van der Waals surface area contributed by atoms with E-state index in [0.717, 1.165) is 13.1 Å². The van der Waals surface area contributed by atoms with Gasteiger partial charge >= 0.3 is 0 Å². The molecule has 1 aromatic rings. The third-order valence-corrected chi connectivity index (χ3v) is 4.63. The molecule has 0 aliphatic carbocycles. The van der Waals surface area contributed by atoms with Crippen LogP contribution in [0, 0.1) is 6.42 Å². The van der Waals surface area contributed by atoms with Crippen molar-refractivity contribution in [2.75, 3.05) is 26.2 Å². The van der Waals surface area contributed by atoms with E-state index in [1.165, 1.54) is 63.0 Å². The highest BCUT2D eigenvalue weighted by Crippen LogP contribution is 2.10. The minimum absolute atomic E-state index is 1.04. The molecule has 19 heavy (non-hydrogen) atoms. The molecule has 2 heterocycles. The van der Waals surface area contributed by atoms with Gasteiger partial charge in [-0.3, -0.25) is 0 Å². The highest BCUT2D eigenvalue weighted by atomic mass is 32.1. The molecule has 1 saturated heterocycles. The summed E-state index contributed by atoms with van der Waals surface area (Å²) in [5.74, 6) is 0. The smallest absolute Gasteiger partial charge is 0.0299 e. The lowest BCUT2D eigenvalue weighted by Gasteiger charge is -2.26. The second-order valence-electron chi connectivity index (χ2n) is 5.38. The molecule has 1 fully saturated rings. The van der Waals surface area contributed by atoms with Crippen LogP contribution in [0.2, 0.25) is 0 Å². The van der Waals surface area contributed by atoms with Gasteiger partial charge in [-0.25, -0.2) is 0 Å². The predicted molar refractivity (Wildman–Crippen MR) is 84.5 cm³/mol. The van der Waals surface area contributed by atoms with Crippen molar-refractivity contribution >= 4 is 11.3 Å². The molecule has 2 nitrogen and oxygen atoms in total. The zero-order valence-electron chi connectivity index (χ0n) is 11.9. The van der Waals surface area contributed by atoms with Gasteiger partial charge in [0.1, 0.15) is 0 Å². The van der Waals surface area contributed by atoms with Gasteiger partial charge in [0.25, 0.3) is 0 Å². The summed E-state index contributed by atoms with van der Waals surface area (Å²) in [6.45, 7) is 6.11. The lowest BCUT2D eigenvalue weighted by atomic mass is 10.1. The summed E-state index contributed by atoms with van der Waals surface area (Å²) in [5, 5.41) is 5.67. The number of nitrogens with one attached hydrogen (secondary N) is 1. The fourth-order valence-electron chi connectivity index (χ4n) is 2.59. The Labute approximate surface area is 122 Å². The Hall–Kier alpha value is -0.380.